The Hall–Kier alpha value is -3.71. The van der Waals surface area contributed by atoms with Crippen LogP contribution >= 0.6 is 11.8 Å². The van der Waals surface area contributed by atoms with Crippen molar-refractivity contribution in [2.75, 3.05) is 4.90 Å². The first-order valence-corrected chi connectivity index (χ1v) is 12.4. The highest BCUT2D eigenvalue weighted by Gasteiger charge is 2.31. The van der Waals surface area contributed by atoms with E-state index in [0.717, 1.165) is 40.6 Å². The van der Waals surface area contributed by atoms with Gasteiger partial charge in [-0.2, -0.15) is 0 Å². The van der Waals surface area contributed by atoms with Crippen LogP contribution in [-0.4, -0.2) is 31.3 Å². The number of H-pyrrole nitrogens is 1. The number of carbonyl (C=O) groups excluding carboxylic acids is 1. The first-order chi connectivity index (χ1) is 16.7. The topological polar surface area (TPSA) is 74.8 Å². The van der Waals surface area contributed by atoms with Crippen molar-refractivity contribution in [3.8, 4) is 0 Å². The lowest BCUT2D eigenvalue weighted by Crippen LogP contribution is -2.34. The normalized spacial score (nSPS) is 14.0. The van der Waals surface area contributed by atoms with Crippen molar-refractivity contribution < 1.29 is 4.79 Å². The van der Waals surface area contributed by atoms with E-state index in [0.29, 0.717) is 17.2 Å². The van der Waals surface area contributed by atoms with Gasteiger partial charge < -0.3 is 4.98 Å². The van der Waals surface area contributed by atoms with E-state index in [4.69, 9.17) is 4.98 Å². The number of thioether (sulfide) groups is 1. The molecule has 0 bridgehead atoms. The maximum absolute atomic E-state index is 14.0. The average Bonchev–Trinajstić information content (AvgIpc) is 3.16. The molecule has 1 aliphatic heterocycles. The van der Waals surface area contributed by atoms with Gasteiger partial charge in [-0.1, -0.05) is 73.3 Å². The van der Waals surface area contributed by atoms with Gasteiger partial charge in [-0.05, 0) is 48.6 Å². The fourth-order valence-corrected chi connectivity index (χ4v) is 5.51. The van der Waals surface area contributed by atoms with E-state index in [1.54, 1.807) is 0 Å². The largest absolute Gasteiger partial charge is 0.338 e. The molecule has 7 heteroatoms. The zero-order chi connectivity index (χ0) is 23.1. The number of para-hydroxylation sites is 3. The van der Waals surface area contributed by atoms with E-state index in [2.05, 4.69) is 27.3 Å². The Morgan fingerprint density at radius 1 is 0.941 bits per heavy atom. The molecule has 1 unspecified atom stereocenters. The Morgan fingerprint density at radius 3 is 2.29 bits per heavy atom. The van der Waals surface area contributed by atoms with Crippen LogP contribution in [0.15, 0.2) is 78.0 Å². The van der Waals surface area contributed by atoms with Gasteiger partial charge in [0, 0.05) is 10.9 Å². The Kier molecular flexibility index (Phi) is 5.26. The third kappa shape index (κ3) is 3.53. The van der Waals surface area contributed by atoms with Crippen molar-refractivity contribution in [1.29, 1.82) is 0 Å². The quantitative estimate of drug-likeness (QED) is 0.338. The summed E-state index contributed by atoms with van der Waals surface area (Å²) >= 11 is 1.38. The minimum absolute atomic E-state index is 0.0367. The van der Waals surface area contributed by atoms with Crippen LogP contribution in [0.25, 0.3) is 22.1 Å². The Labute approximate surface area is 201 Å². The smallest absolute Gasteiger partial charge is 0.245 e. The molecule has 6 nitrogen and oxygen atoms in total. The molecule has 34 heavy (non-hydrogen) atoms. The predicted molar refractivity (Wildman–Crippen MR) is 137 cm³/mol. The summed E-state index contributed by atoms with van der Waals surface area (Å²) in [5.74, 6) is 0.0367. The minimum atomic E-state index is -0.345. The van der Waals surface area contributed by atoms with Crippen molar-refractivity contribution in [2.45, 2.75) is 36.6 Å². The lowest BCUT2D eigenvalue weighted by Gasteiger charge is -2.28. The molecular formula is C27H23N5OS. The summed E-state index contributed by atoms with van der Waals surface area (Å²) in [5.41, 5.74) is 6.69. The molecule has 1 N–H and O–H groups in total. The van der Waals surface area contributed by atoms with Crippen molar-refractivity contribution in [3.63, 3.8) is 0 Å². The molecule has 1 aliphatic rings. The molecule has 0 radical (unpaired) electrons. The van der Waals surface area contributed by atoms with Crippen LogP contribution in [0.4, 0.5) is 11.4 Å². The van der Waals surface area contributed by atoms with E-state index in [9.17, 15) is 4.79 Å². The van der Waals surface area contributed by atoms with Crippen LogP contribution in [-0.2, 0) is 17.6 Å². The number of fused-ring (bicyclic) bond motifs is 5. The van der Waals surface area contributed by atoms with Crippen molar-refractivity contribution in [2.24, 2.45) is 0 Å². The van der Waals surface area contributed by atoms with E-state index in [1.165, 1.54) is 22.9 Å². The summed E-state index contributed by atoms with van der Waals surface area (Å²) in [6.45, 7) is 2.03. The maximum Gasteiger partial charge on any atom is 0.245 e. The highest BCUT2D eigenvalue weighted by Crippen LogP contribution is 2.38. The number of amides is 1. The molecule has 1 amide bonds. The second-order valence-electron chi connectivity index (χ2n) is 8.41. The van der Waals surface area contributed by atoms with Gasteiger partial charge in [0.15, 0.2) is 5.65 Å². The van der Waals surface area contributed by atoms with Gasteiger partial charge in [0.1, 0.15) is 5.52 Å². The molecule has 0 saturated heterocycles. The van der Waals surface area contributed by atoms with Gasteiger partial charge >= 0.3 is 0 Å². The number of benzene rings is 3. The van der Waals surface area contributed by atoms with Crippen LogP contribution in [0.5, 0.6) is 0 Å². The third-order valence-corrected chi connectivity index (χ3v) is 7.55. The van der Waals surface area contributed by atoms with Gasteiger partial charge in [-0.25, -0.2) is 4.98 Å². The van der Waals surface area contributed by atoms with Gasteiger partial charge in [0.25, 0.3) is 0 Å². The van der Waals surface area contributed by atoms with E-state index in [1.807, 2.05) is 72.5 Å². The molecule has 0 spiro atoms. The molecule has 168 valence electrons. The molecule has 3 aromatic carbocycles. The lowest BCUT2D eigenvalue weighted by molar-refractivity contribution is -0.117. The van der Waals surface area contributed by atoms with Crippen LogP contribution < -0.4 is 4.90 Å². The third-order valence-electron chi connectivity index (χ3n) is 6.35. The number of hydrogen-bond donors (Lipinski definition) is 1. The lowest BCUT2D eigenvalue weighted by atomic mass is 10.0. The van der Waals surface area contributed by atoms with Crippen molar-refractivity contribution in [1.82, 2.24) is 20.2 Å². The first-order valence-electron chi connectivity index (χ1n) is 11.5. The van der Waals surface area contributed by atoms with Gasteiger partial charge in [-0.15, -0.1) is 10.2 Å². The summed E-state index contributed by atoms with van der Waals surface area (Å²) < 4.78 is 0. The summed E-state index contributed by atoms with van der Waals surface area (Å²) in [5, 5.41) is 9.94. The maximum atomic E-state index is 14.0. The number of nitrogens with zero attached hydrogens (tertiary/aromatic N) is 4. The van der Waals surface area contributed by atoms with Crippen LogP contribution in [0.1, 0.15) is 24.5 Å². The zero-order valence-corrected chi connectivity index (χ0v) is 19.5. The molecule has 0 saturated carbocycles. The summed E-state index contributed by atoms with van der Waals surface area (Å²) in [6, 6.07) is 24.4. The van der Waals surface area contributed by atoms with Gasteiger partial charge in [0.2, 0.25) is 11.1 Å². The Balaban J connectivity index is 1.37. The number of hydrogen-bond acceptors (Lipinski definition) is 5. The number of anilines is 2. The molecule has 1 atom stereocenters. The number of aryl methyl sites for hydroxylation is 2. The molecule has 0 fully saturated rings. The second-order valence-corrected chi connectivity index (χ2v) is 9.58. The van der Waals surface area contributed by atoms with E-state index >= 15 is 0 Å². The first kappa shape index (κ1) is 20.9. The zero-order valence-electron chi connectivity index (χ0n) is 18.7. The Morgan fingerprint density at radius 2 is 1.59 bits per heavy atom. The number of carbonyl (C=O) groups is 1. The molecule has 6 rings (SSSR count). The SMILES string of the molecule is CCC(Sc1nnc2c(n1)[nH]c1ccccc12)C(=O)N1c2ccccc2CCc2ccccc21. The molecular weight excluding hydrogens is 442 g/mol. The Bertz CT molecular complexity index is 1480. The van der Waals surface area contributed by atoms with E-state index < -0.39 is 0 Å². The average molecular weight is 466 g/mol. The number of rotatable bonds is 4. The second kappa shape index (κ2) is 8.57. The van der Waals surface area contributed by atoms with Gasteiger partial charge in [-0.3, -0.25) is 9.69 Å². The van der Waals surface area contributed by atoms with E-state index in [-0.39, 0.29) is 11.2 Å². The van der Waals surface area contributed by atoms with Crippen LogP contribution in [0.3, 0.4) is 0 Å². The van der Waals surface area contributed by atoms with Crippen molar-refractivity contribution in [3.05, 3.63) is 83.9 Å². The molecule has 5 aromatic rings. The number of nitrogens with one attached hydrogen (secondary N) is 1. The monoisotopic (exact) mass is 465 g/mol. The molecule has 2 aromatic heterocycles. The minimum Gasteiger partial charge on any atom is -0.338 e. The highest BCUT2D eigenvalue weighted by molar-refractivity contribution is 8.00. The number of aromatic nitrogens is 4. The molecule has 3 heterocycles. The fourth-order valence-electron chi connectivity index (χ4n) is 4.65. The summed E-state index contributed by atoms with van der Waals surface area (Å²) in [4.78, 5) is 23.9. The fraction of sp³-hybridized carbons (Fsp3) is 0.185. The highest BCUT2D eigenvalue weighted by atomic mass is 32.2. The standard InChI is InChI=1S/C27H23N5OS/c1-2-23(34-27-29-25-24(30-31-27)19-11-5-6-12-20(19)28-25)26(33)32-21-13-7-3-9-17(21)15-16-18-10-4-8-14-22(18)32/h3-14,23H,2,15-16H2,1H3,(H,28,29,31). The van der Waals surface area contributed by atoms with Gasteiger partial charge in [0.05, 0.1) is 16.6 Å². The summed E-state index contributed by atoms with van der Waals surface area (Å²) in [7, 11) is 0. The van der Waals surface area contributed by atoms with Crippen LogP contribution in [0.2, 0.25) is 0 Å². The predicted octanol–water partition coefficient (Wildman–Crippen LogP) is 5.84. The van der Waals surface area contributed by atoms with Crippen LogP contribution in [0, 0.1) is 0 Å². The molecule has 0 aliphatic carbocycles. The number of aromatic amines is 1. The van der Waals surface area contributed by atoms with Crippen molar-refractivity contribution >= 4 is 51.1 Å². The summed E-state index contributed by atoms with van der Waals surface area (Å²) in [6.07, 6.45) is 2.47.